The Morgan fingerprint density at radius 1 is 1.11 bits per heavy atom. The van der Waals surface area contributed by atoms with Crippen molar-refractivity contribution in [3.8, 4) is 0 Å². The summed E-state index contributed by atoms with van der Waals surface area (Å²) in [5.74, 6) is -0.649. The van der Waals surface area contributed by atoms with Gasteiger partial charge in [-0.1, -0.05) is 0 Å². The molecule has 0 aliphatic rings. The zero-order chi connectivity index (χ0) is 20.7. The van der Waals surface area contributed by atoms with E-state index in [4.69, 9.17) is 0 Å². The number of hydrogen-bond acceptors (Lipinski definition) is 5. The molecule has 5 nitrogen and oxygen atoms in total. The number of rotatable bonds is 8. The van der Waals surface area contributed by atoms with Gasteiger partial charge in [-0.15, -0.1) is 0 Å². The van der Waals surface area contributed by atoms with Gasteiger partial charge >= 0.3 is 165 Å². The average molecular weight is 521 g/mol. The number of allylic oxidation sites excluding steroid dienone is 2. The molecule has 1 rings (SSSR count). The van der Waals surface area contributed by atoms with Crippen molar-refractivity contribution in [3.05, 3.63) is 39.6 Å². The van der Waals surface area contributed by atoms with Gasteiger partial charge in [0, 0.05) is 0 Å². The van der Waals surface area contributed by atoms with Crippen LogP contribution in [-0.2, 0) is 17.4 Å². The van der Waals surface area contributed by atoms with Crippen LogP contribution in [0.25, 0.3) is 0 Å². The fourth-order valence-corrected chi connectivity index (χ4v) is 6.73. The van der Waals surface area contributed by atoms with Crippen LogP contribution in [0, 0.1) is 0 Å². The SMILES string of the molecule is CCC/C(N=C(C)OS(=O)(=O)C(F)(F)F)=C(/CCC)[Te](=O)c1ccccc1. The minimum absolute atomic E-state index is 0.338. The third-order valence-corrected chi connectivity index (χ3v) is 8.83. The summed E-state index contributed by atoms with van der Waals surface area (Å²) >= 11 is -3.19. The maximum atomic E-state index is 13.1. The molecule has 10 heteroatoms. The molecule has 152 valence electrons. The molecule has 0 amide bonds. The summed E-state index contributed by atoms with van der Waals surface area (Å²) in [6.07, 6.45) is 2.10. The predicted octanol–water partition coefficient (Wildman–Crippen LogP) is 3.99. The van der Waals surface area contributed by atoms with Crippen LogP contribution in [0.1, 0.15) is 46.5 Å². The first kappa shape index (κ1) is 23.8. The van der Waals surface area contributed by atoms with Gasteiger partial charge in [-0.2, -0.15) is 0 Å². The predicted molar refractivity (Wildman–Crippen MR) is 98.5 cm³/mol. The molecule has 0 saturated heterocycles. The molecule has 1 aromatic carbocycles. The molecule has 0 aliphatic heterocycles. The summed E-state index contributed by atoms with van der Waals surface area (Å²) in [6, 6.07) is 8.80. The Morgan fingerprint density at radius 3 is 2.15 bits per heavy atom. The third kappa shape index (κ3) is 7.01. The topological polar surface area (TPSA) is 72.8 Å². The van der Waals surface area contributed by atoms with E-state index < -0.39 is 41.1 Å². The summed E-state index contributed by atoms with van der Waals surface area (Å²) in [7, 11) is -5.79. The first-order valence-corrected chi connectivity index (χ1v) is 13.0. The van der Waals surface area contributed by atoms with Gasteiger partial charge < -0.3 is 0 Å². The van der Waals surface area contributed by atoms with Crippen molar-refractivity contribution < 1.29 is 28.9 Å². The number of benzene rings is 1. The Balaban J connectivity index is 3.36. The van der Waals surface area contributed by atoms with Crippen LogP contribution in [0.15, 0.2) is 44.6 Å². The van der Waals surface area contributed by atoms with Crippen molar-refractivity contribution in [2.24, 2.45) is 4.99 Å². The first-order chi connectivity index (χ1) is 12.5. The second kappa shape index (κ2) is 10.3. The Kier molecular flexibility index (Phi) is 9.12. The van der Waals surface area contributed by atoms with Crippen molar-refractivity contribution in [3.63, 3.8) is 0 Å². The van der Waals surface area contributed by atoms with Gasteiger partial charge in [0.2, 0.25) is 0 Å². The van der Waals surface area contributed by atoms with Crippen LogP contribution >= 0.6 is 0 Å². The van der Waals surface area contributed by atoms with Gasteiger partial charge in [0.1, 0.15) is 0 Å². The molecule has 27 heavy (non-hydrogen) atoms. The van der Waals surface area contributed by atoms with E-state index in [-0.39, 0.29) is 0 Å². The molecule has 0 N–H and O–H groups in total. The minimum atomic E-state index is -5.79. The van der Waals surface area contributed by atoms with E-state index in [2.05, 4.69) is 9.18 Å². The van der Waals surface area contributed by atoms with Crippen LogP contribution in [0.3, 0.4) is 0 Å². The Hall–Kier alpha value is -1.24. The second-order valence-corrected chi connectivity index (χ2v) is 11.4. The Labute approximate surface area is 164 Å². The maximum absolute atomic E-state index is 13.1. The fourth-order valence-electron chi connectivity index (χ4n) is 2.17. The Bertz CT molecular complexity index is 818. The van der Waals surface area contributed by atoms with E-state index in [0.29, 0.717) is 38.6 Å². The van der Waals surface area contributed by atoms with Crippen molar-refractivity contribution in [1.29, 1.82) is 0 Å². The zero-order valence-corrected chi connectivity index (χ0v) is 18.4. The second-order valence-electron chi connectivity index (χ2n) is 5.57. The normalized spacial score (nSPS) is 14.3. The van der Waals surface area contributed by atoms with E-state index in [1.807, 2.05) is 13.8 Å². The zero-order valence-electron chi connectivity index (χ0n) is 15.2. The van der Waals surface area contributed by atoms with Crippen LogP contribution in [0.4, 0.5) is 13.2 Å². The van der Waals surface area contributed by atoms with Crippen molar-refractivity contribution in [1.82, 2.24) is 0 Å². The van der Waals surface area contributed by atoms with Gasteiger partial charge in [-0.25, -0.2) is 0 Å². The van der Waals surface area contributed by atoms with Crippen LogP contribution in [0.2, 0.25) is 0 Å². The number of halogens is 3. The average Bonchev–Trinajstić information content (AvgIpc) is 2.58. The number of nitrogens with zero attached hydrogens (tertiary/aromatic N) is 1. The van der Waals surface area contributed by atoms with E-state index in [9.17, 15) is 24.7 Å². The van der Waals surface area contributed by atoms with Gasteiger partial charge in [0.15, 0.2) is 0 Å². The molecule has 0 fully saturated rings. The third-order valence-electron chi connectivity index (χ3n) is 3.27. The fraction of sp³-hybridized carbons (Fsp3) is 0.471. The van der Waals surface area contributed by atoms with Gasteiger partial charge in [0.25, 0.3) is 0 Å². The summed E-state index contributed by atoms with van der Waals surface area (Å²) in [5, 5.41) is 0. The molecule has 0 aromatic heterocycles. The number of alkyl halides is 3. The number of hydrogen-bond donors (Lipinski definition) is 0. The molecule has 0 atom stereocenters. The van der Waals surface area contributed by atoms with E-state index in [0.717, 1.165) is 6.92 Å². The standard InChI is InChI=1S/C17H22F3NO4STe/c1-4-9-15(21-13(3)25-26(22,23)17(18,19)20)16(10-5-2)27(24)14-11-7-6-8-12-14/h6-8,11-12H,4-5,9-10H2,1-3H3/b16-15+,21-13?. The molecule has 0 bridgehead atoms. The monoisotopic (exact) mass is 523 g/mol. The van der Waals surface area contributed by atoms with Gasteiger partial charge in [-0.05, 0) is 0 Å². The molecule has 0 radical (unpaired) electrons. The van der Waals surface area contributed by atoms with Crippen LogP contribution < -0.4 is 3.61 Å². The molecule has 1 aromatic rings. The first-order valence-electron chi connectivity index (χ1n) is 8.28. The molecule has 0 heterocycles. The van der Waals surface area contributed by atoms with E-state index >= 15 is 0 Å². The summed E-state index contributed by atoms with van der Waals surface area (Å²) in [5.41, 5.74) is -5.20. The molecule has 0 saturated carbocycles. The summed E-state index contributed by atoms with van der Waals surface area (Å²) in [6.45, 7) is 4.77. The van der Waals surface area contributed by atoms with Crippen molar-refractivity contribution >= 4 is 39.2 Å². The summed E-state index contributed by atoms with van der Waals surface area (Å²) < 4.78 is 78.2. The van der Waals surface area contributed by atoms with Crippen LogP contribution in [0.5, 0.6) is 0 Å². The van der Waals surface area contributed by atoms with E-state index in [1.165, 1.54) is 0 Å². The Morgan fingerprint density at radius 2 is 1.67 bits per heavy atom. The van der Waals surface area contributed by atoms with Gasteiger partial charge in [0.05, 0.1) is 0 Å². The quantitative estimate of drug-likeness (QED) is 0.171. The van der Waals surface area contributed by atoms with Gasteiger partial charge in [-0.3, -0.25) is 0 Å². The molecular formula is C17H22F3NO4STe. The molecular weight excluding hydrogens is 499 g/mol. The molecule has 0 aliphatic carbocycles. The summed E-state index contributed by atoms with van der Waals surface area (Å²) in [4.78, 5) is 3.97. The number of aliphatic imine (C=N–C) groups is 1. The van der Waals surface area contributed by atoms with Crippen LogP contribution in [-0.4, -0.2) is 39.4 Å². The van der Waals surface area contributed by atoms with Crippen molar-refractivity contribution in [2.45, 2.75) is 52.0 Å². The van der Waals surface area contributed by atoms with Crippen molar-refractivity contribution in [2.75, 3.05) is 0 Å². The van der Waals surface area contributed by atoms with E-state index in [1.54, 1.807) is 30.3 Å². The molecule has 0 unspecified atom stereocenters. The molecule has 0 spiro atoms.